The van der Waals surface area contributed by atoms with E-state index in [1.165, 1.54) is 0 Å². The lowest BCUT2D eigenvalue weighted by atomic mass is 10.2. The molecule has 0 aliphatic heterocycles. The zero-order chi connectivity index (χ0) is 16.9. The molecule has 3 aromatic rings. The minimum absolute atomic E-state index is 0.412. The maximum absolute atomic E-state index is 5.64. The topological polar surface area (TPSA) is 95.4 Å². The third kappa shape index (κ3) is 3.41. The number of nitrogens with one attached hydrogen (secondary N) is 1. The number of fused-ring (bicyclic) bond motifs is 1. The molecule has 7 nitrogen and oxygen atoms in total. The summed E-state index contributed by atoms with van der Waals surface area (Å²) in [5.74, 6) is 3.45. The monoisotopic (exact) mass is 328 g/mol. The van der Waals surface area contributed by atoms with Crippen LogP contribution >= 0.6 is 0 Å². The van der Waals surface area contributed by atoms with Gasteiger partial charge >= 0.3 is 0 Å². The quantitative estimate of drug-likeness (QED) is 0.688. The van der Waals surface area contributed by atoms with Crippen LogP contribution in [-0.4, -0.2) is 30.2 Å². The highest BCUT2D eigenvalue weighted by Crippen LogP contribution is 2.34. The molecule has 126 valence electrons. The summed E-state index contributed by atoms with van der Waals surface area (Å²) in [6, 6.07) is 7.47. The number of hydrogen-bond donors (Lipinski definition) is 2. The number of aromatic nitrogens is 2. The minimum Gasteiger partial charge on any atom is -0.493 e. The Morgan fingerprint density at radius 1 is 1.25 bits per heavy atom. The van der Waals surface area contributed by atoms with Gasteiger partial charge in [0, 0.05) is 18.0 Å². The molecule has 0 atom stereocenters. The molecule has 0 saturated carbocycles. The molecule has 2 aromatic heterocycles. The Kier molecular flexibility index (Phi) is 4.81. The zero-order valence-electron chi connectivity index (χ0n) is 13.7. The predicted molar refractivity (Wildman–Crippen MR) is 91.4 cm³/mol. The summed E-state index contributed by atoms with van der Waals surface area (Å²) >= 11 is 0. The van der Waals surface area contributed by atoms with Crippen LogP contribution in [0.3, 0.4) is 0 Å². The zero-order valence-corrected chi connectivity index (χ0v) is 13.7. The van der Waals surface area contributed by atoms with Gasteiger partial charge in [-0.25, -0.2) is 9.97 Å². The molecule has 3 rings (SSSR count). The first kappa shape index (κ1) is 16.1. The van der Waals surface area contributed by atoms with Crippen molar-refractivity contribution in [3.8, 4) is 11.5 Å². The number of hydrogen-bond acceptors (Lipinski definition) is 7. The average molecular weight is 328 g/mol. The van der Waals surface area contributed by atoms with Gasteiger partial charge in [0.1, 0.15) is 24.0 Å². The first-order chi connectivity index (χ1) is 11.7. The van der Waals surface area contributed by atoms with Gasteiger partial charge in [0.2, 0.25) is 0 Å². The molecule has 0 spiro atoms. The number of furan rings is 1. The van der Waals surface area contributed by atoms with E-state index < -0.39 is 0 Å². The number of ether oxygens (including phenoxy) is 2. The van der Waals surface area contributed by atoms with Crippen molar-refractivity contribution in [2.45, 2.75) is 13.5 Å². The highest BCUT2D eigenvalue weighted by atomic mass is 16.5. The lowest BCUT2D eigenvalue weighted by Crippen LogP contribution is -2.11. The molecular weight excluding hydrogens is 308 g/mol. The second-order valence-corrected chi connectivity index (χ2v) is 5.21. The number of anilines is 1. The molecule has 2 heterocycles. The summed E-state index contributed by atoms with van der Waals surface area (Å²) in [7, 11) is 1.60. The Balaban J connectivity index is 1.98. The summed E-state index contributed by atoms with van der Waals surface area (Å²) in [5.41, 5.74) is 6.28. The molecule has 0 radical (unpaired) electrons. The molecule has 24 heavy (non-hydrogen) atoms. The molecule has 0 aliphatic rings. The third-order valence-corrected chi connectivity index (χ3v) is 3.48. The van der Waals surface area contributed by atoms with Gasteiger partial charge in [-0.3, -0.25) is 0 Å². The van der Waals surface area contributed by atoms with Crippen molar-refractivity contribution in [3.63, 3.8) is 0 Å². The summed E-state index contributed by atoms with van der Waals surface area (Å²) in [6.07, 6.45) is 1.64. The number of methoxy groups -OCH3 is 1. The maximum atomic E-state index is 5.64. The summed E-state index contributed by atoms with van der Waals surface area (Å²) in [4.78, 5) is 8.97. The summed E-state index contributed by atoms with van der Waals surface area (Å²) < 4.78 is 16.4. The fourth-order valence-electron chi connectivity index (χ4n) is 2.41. The Bertz CT molecular complexity index is 818. The van der Waals surface area contributed by atoms with Crippen molar-refractivity contribution < 1.29 is 13.9 Å². The SMILES string of the molecule is COc1cc2c(NCc3ccco3)nc(C)nc2cc1OCCN. The van der Waals surface area contributed by atoms with E-state index in [1.54, 1.807) is 13.4 Å². The van der Waals surface area contributed by atoms with E-state index in [9.17, 15) is 0 Å². The lowest BCUT2D eigenvalue weighted by molar-refractivity contribution is 0.303. The lowest BCUT2D eigenvalue weighted by Gasteiger charge is -2.14. The van der Waals surface area contributed by atoms with Gasteiger partial charge < -0.3 is 24.9 Å². The van der Waals surface area contributed by atoms with E-state index in [0.717, 1.165) is 22.5 Å². The van der Waals surface area contributed by atoms with Crippen LogP contribution in [0.2, 0.25) is 0 Å². The van der Waals surface area contributed by atoms with Crippen LogP contribution in [0, 0.1) is 6.92 Å². The third-order valence-electron chi connectivity index (χ3n) is 3.48. The molecule has 0 fully saturated rings. The van der Waals surface area contributed by atoms with Crippen LogP contribution in [-0.2, 0) is 6.54 Å². The van der Waals surface area contributed by atoms with Crippen molar-refractivity contribution in [1.29, 1.82) is 0 Å². The van der Waals surface area contributed by atoms with E-state index in [-0.39, 0.29) is 0 Å². The van der Waals surface area contributed by atoms with Crippen molar-refractivity contribution in [2.75, 3.05) is 25.6 Å². The predicted octanol–water partition coefficient (Wildman–Crippen LogP) is 2.49. The maximum Gasteiger partial charge on any atom is 0.163 e. The Morgan fingerprint density at radius 3 is 2.83 bits per heavy atom. The number of nitrogens with two attached hydrogens (primary N) is 1. The van der Waals surface area contributed by atoms with Crippen LogP contribution < -0.4 is 20.5 Å². The molecule has 0 saturated heterocycles. The summed E-state index contributed by atoms with van der Waals surface area (Å²) in [5, 5.41) is 4.13. The van der Waals surface area contributed by atoms with Crippen LogP contribution in [0.25, 0.3) is 10.9 Å². The van der Waals surface area contributed by atoms with Gasteiger partial charge in [-0.15, -0.1) is 0 Å². The molecule has 0 aliphatic carbocycles. The highest BCUT2D eigenvalue weighted by Gasteiger charge is 2.13. The van der Waals surface area contributed by atoms with Crippen molar-refractivity contribution in [2.24, 2.45) is 5.73 Å². The Hall–Kier alpha value is -2.80. The van der Waals surface area contributed by atoms with Crippen LogP contribution in [0.1, 0.15) is 11.6 Å². The number of nitrogens with zero attached hydrogens (tertiary/aromatic N) is 2. The van der Waals surface area contributed by atoms with E-state index in [4.69, 9.17) is 19.6 Å². The van der Waals surface area contributed by atoms with E-state index in [1.807, 2.05) is 31.2 Å². The van der Waals surface area contributed by atoms with Crippen molar-refractivity contribution in [1.82, 2.24) is 9.97 Å². The normalized spacial score (nSPS) is 10.8. The van der Waals surface area contributed by atoms with Gasteiger partial charge in [-0.1, -0.05) is 0 Å². The highest BCUT2D eigenvalue weighted by molar-refractivity contribution is 5.91. The van der Waals surface area contributed by atoms with E-state index in [2.05, 4.69) is 15.3 Å². The van der Waals surface area contributed by atoms with Gasteiger partial charge in [-0.05, 0) is 25.1 Å². The number of benzene rings is 1. The second kappa shape index (κ2) is 7.18. The van der Waals surface area contributed by atoms with Crippen molar-refractivity contribution >= 4 is 16.7 Å². The van der Waals surface area contributed by atoms with E-state index >= 15 is 0 Å². The molecule has 0 bridgehead atoms. The molecule has 3 N–H and O–H groups in total. The molecule has 0 amide bonds. The van der Waals surface area contributed by atoms with Crippen molar-refractivity contribution in [3.05, 3.63) is 42.1 Å². The van der Waals surface area contributed by atoms with Crippen LogP contribution in [0.5, 0.6) is 11.5 Å². The number of aryl methyl sites for hydroxylation is 1. The van der Waals surface area contributed by atoms with Gasteiger partial charge in [0.25, 0.3) is 0 Å². The number of rotatable bonds is 7. The van der Waals surface area contributed by atoms with E-state index in [0.29, 0.717) is 37.0 Å². The summed E-state index contributed by atoms with van der Waals surface area (Å²) in [6.45, 7) is 3.23. The van der Waals surface area contributed by atoms with Crippen LogP contribution in [0.15, 0.2) is 34.9 Å². The van der Waals surface area contributed by atoms with Gasteiger partial charge in [0.05, 0.1) is 25.4 Å². The minimum atomic E-state index is 0.412. The first-order valence-corrected chi connectivity index (χ1v) is 7.66. The smallest absolute Gasteiger partial charge is 0.163 e. The Morgan fingerprint density at radius 2 is 2.12 bits per heavy atom. The average Bonchev–Trinajstić information content (AvgIpc) is 3.10. The first-order valence-electron chi connectivity index (χ1n) is 7.66. The molecule has 0 unspecified atom stereocenters. The molecule has 7 heteroatoms. The van der Waals surface area contributed by atoms with Crippen LogP contribution in [0.4, 0.5) is 5.82 Å². The fraction of sp³-hybridized carbons (Fsp3) is 0.294. The van der Waals surface area contributed by atoms with Gasteiger partial charge in [-0.2, -0.15) is 0 Å². The largest absolute Gasteiger partial charge is 0.493 e. The van der Waals surface area contributed by atoms with Gasteiger partial charge in [0.15, 0.2) is 11.5 Å². The second-order valence-electron chi connectivity index (χ2n) is 5.21. The molecular formula is C17H20N4O3. The Labute approximate surface area is 139 Å². The molecule has 1 aromatic carbocycles. The standard InChI is InChI=1S/C17H20N4O3/c1-11-20-14-9-16(24-7-5-18)15(22-2)8-13(14)17(21-11)19-10-12-4-3-6-23-12/h3-4,6,8-9H,5,7,10,18H2,1-2H3,(H,19,20,21). The fourth-order valence-corrected chi connectivity index (χ4v) is 2.41.